The molecule has 21 heavy (non-hydrogen) atoms. The molecule has 1 unspecified atom stereocenters. The van der Waals surface area contributed by atoms with E-state index in [4.69, 9.17) is 0 Å². The van der Waals surface area contributed by atoms with E-state index in [0.29, 0.717) is 15.7 Å². The third kappa shape index (κ3) is 3.63. The van der Waals surface area contributed by atoms with Crippen molar-refractivity contribution in [1.82, 2.24) is 10.3 Å². The number of hydrogen-bond acceptors (Lipinski definition) is 4. The summed E-state index contributed by atoms with van der Waals surface area (Å²) in [6.45, 7) is 1.77. The fraction of sp³-hybridized carbons (Fsp3) is 0.143. The molecule has 108 valence electrons. The highest BCUT2D eigenvalue weighted by atomic mass is 79.9. The van der Waals surface area contributed by atoms with Crippen LogP contribution in [0.5, 0.6) is 0 Å². The van der Waals surface area contributed by atoms with Gasteiger partial charge in [-0.3, -0.25) is 14.9 Å². The van der Waals surface area contributed by atoms with Crippen molar-refractivity contribution in [2.75, 3.05) is 0 Å². The zero-order valence-corrected chi connectivity index (χ0v) is 12.7. The Morgan fingerprint density at radius 1 is 1.38 bits per heavy atom. The van der Waals surface area contributed by atoms with Gasteiger partial charge >= 0.3 is 0 Å². The summed E-state index contributed by atoms with van der Waals surface area (Å²) >= 11 is 3.21. The molecule has 0 radical (unpaired) electrons. The first-order valence-electron chi connectivity index (χ1n) is 6.15. The number of rotatable bonds is 4. The first-order chi connectivity index (χ1) is 9.99. The molecular weight excluding hydrogens is 338 g/mol. The highest BCUT2D eigenvalue weighted by Crippen LogP contribution is 2.20. The molecule has 1 aromatic heterocycles. The summed E-state index contributed by atoms with van der Waals surface area (Å²) in [5.74, 6) is -0.297. The van der Waals surface area contributed by atoms with Crippen molar-refractivity contribution in [1.29, 1.82) is 0 Å². The topological polar surface area (TPSA) is 85.1 Å². The van der Waals surface area contributed by atoms with Crippen LogP contribution in [0.1, 0.15) is 28.9 Å². The Morgan fingerprint density at radius 2 is 2.14 bits per heavy atom. The number of halogens is 1. The molecular formula is C14H12BrN3O3. The van der Waals surface area contributed by atoms with E-state index in [1.807, 2.05) is 0 Å². The number of aromatic nitrogens is 1. The van der Waals surface area contributed by atoms with Crippen LogP contribution in [0, 0.1) is 10.1 Å². The molecule has 0 saturated heterocycles. The molecule has 0 aliphatic rings. The van der Waals surface area contributed by atoms with Crippen LogP contribution in [-0.4, -0.2) is 15.8 Å². The molecule has 6 nitrogen and oxygen atoms in total. The van der Waals surface area contributed by atoms with Crippen LogP contribution in [0.3, 0.4) is 0 Å². The molecule has 1 amide bonds. The average molecular weight is 350 g/mol. The van der Waals surface area contributed by atoms with Gasteiger partial charge in [0.1, 0.15) is 4.60 Å². The minimum absolute atomic E-state index is 0.00356. The molecule has 0 saturated carbocycles. The Kier molecular flexibility index (Phi) is 4.64. The lowest BCUT2D eigenvalue weighted by atomic mass is 10.1. The second kappa shape index (κ2) is 6.45. The monoisotopic (exact) mass is 349 g/mol. The van der Waals surface area contributed by atoms with Crippen molar-refractivity contribution >= 4 is 27.5 Å². The molecule has 2 aromatic rings. The van der Waals surface area contributed by atoms with Crippen molar-refractivity contribution in [2.24, 2.45) is 0 Å². The Labute approximate surface area is 129 Å². The first-order valence-corrected chi connectivity index (χ1v) is 6.94. The minimum Gasteiger partial charge on any atom is -0.345 e. The van der Waals surface area contributed by atoms with Crippen molar-refractivity contribution in [2.45, 2.75) is 13.0 Å². The van der Waals surface area contributed by atoms with Crippen LogP contribution < -0.4 is 5.32 Å². The Hall–Kier alpha value is -2.28. The van der Waals surface area contributed by atoms with E-state index < -0.39 is 4.92 Å². The number of carbonyl (C=O) groups is 1. The lowest BCUT2D eigenvalue weighted by Gasteiger charge is -2.14. The van der Waals surface area contributed by atoms with E-state index in [0.717, 1.165) is 0 Å². The Bertz CT molecular complexity index is 691. The van der Waals surface area contributed by atoms with Crippen LogP contribution in [0.25, 0.3) is 0 Å². The number of nitrogens with one attached hydrogen (secondary N) is 1. The minimum atomic E-state index is -0.463. The second-order valence-corrected chi connectivity index (χ2v) is 5.14. The average Bonchev–Trinajstić information content (AvgIpc) is 2.47. The Balaban J connectivity index is 2.16. The van der Waals surface area contributed by atoms with E-state index in [1.165, 1.54) is 12.1 Å². The quantitative estimate of drug-likeness (QED) is 0.521. The van der Waals surface area contributed by atoms with E-state index in [9.17, 15) is 14.9 Å². The zero-order valence-electron chi connectivity index (χ0n) is 11.1. The summed E-state index contributed by atoms with van der Waals surface area (Å²) in [5, 5.41) is 13.6. The highest BCUT2D eigenvalue weighted by Gasteiger charge is 2.16. The van der Waals surface area contributed by atoms with Crippen molar-refractivity contribution in [3.63, 3.8) is 0 Å². The molecule has 1 heterocycles. The van der Waals surface area contributed by atoms with E-state index in [2.05, 4.69) is 26.2 Å². The number of pyridine rings is 1. The number of hydrogen-bond donors (Lipinski definition) is 1. The summed E-state index contributed by atoms with van der Waals surface area (Å²) in [6, 6.07) is 9.14. The van der Waals surface area contributed by atoms with Gasteiger partial charge in [-0.2, -0.15) is 0 Å². The number of carbonyl (C=O) groups excluding carboxylic acids is 1. The smallest absolute Gasteiger partial charge is 0.269 e. The van der Waals surface area contributed by atoms with Crippen molar-refractivity contribution < 1.29 is 9.72 Å². The molecule has 1 atom stereocenters. The second-order valence-electron chi connectivity index (χ2n) is 4.39. The van der Waals surface area contributed by atoms with Gasteiger partial charge in [-0.25, -0.2) is 4.98 Å². The molecule has 7 heteroatoms. The lowest BCUT2D eigenvalue weighted by Crippen LogP contribution is -2.27. The van der Waals surface area contributed by atoms with Gasteiger partial charge in [-0.1, -0.05) is 12.1 Å². The molecule has 0 aliphatic heterocycles. The fourth-order valence-electron chi connectivity index (χ4n) is 1.82. The maximum atomic E-state index is 12.2. The van der Waals surface area contributed by atoms with Gasteiger partial charge in [0.25, 0.3) is 11.6 Å². The van der Waals surface area contributed by atoms with Crippen LogP contribution >= 0.6 is 15.9 Å². The van der Waals surface area contributed by atoms with E-state index >= 15 is 0 Å². The number of benzene rings is 1. The van der Waals surface area contributed by atoms with Crippen molar-refractivity contribution in [3.8, 4) is 0 Å². The van der Waals surface area contributed by atoms with Gasteiger partial charge in [0, 0.05) is 18.3 Å². The highest BCUT2D eigenvalue weighted by molar-refractivity contribution is 9.10. The van der Waals surface area contributed by atoms with E-state index in [-0.39, 0.29) is 17.6 Å². The van der Waals surface area contributed by atoms with Gasteiger partial charge in [-0.05, 0) is 40.5 Å². The fourth-order valence-corrected chi connectivity index (χ4v) is 2.25. The predicted molar refractivity (Wildman–Crippen MR) is 80.9 cm³/mol. The number of nitrogens with zero attached hydrogens (tertiary/aromatic N) is 2. The van der Waals surface area contributed by atoms with Gasteiger partial charge < -0.3 is 5.32 Å². The number of amides is 1. The lowest BCUT2D eigenvalue weighted by molar-refractivity contribution is -0.384. The molecule has 0 spiro atoms. The molecule has 0 bridgehead atoms. The molecule has 0 aliphatic carbocycles. The molecule has 0 fully saturated rings. The maximum absolute atomic E-state index is 12.2. The summed E-state index contributed by atoms with van der Waals surface area (Å²) in [7, 11) is 0. The van der Waals surface area contributed by atoms with Crippen LogP contribution in [0.2, 0.25) is 0 Å². The predicted octanol–water partition coefficient (Wildman–Crippen LogP) is 3.24. The largest absolute Gasteiger partial charge is 0.345 e. The maximum Gasteiger partial charge on any atom is 0.269 e. The summed E-state index contributed by atoms with van der Waals surface area (Å²) in [6.07, 6.45) is 1.57. The van der Waals surface area contributed by atoms with Crippen LogP contribution in [0.15, 0.2) is 47.2 Å². The van der Waals surface area contributed by atoms with Crippen molar-refractivity contribution in [3.05, 3.63) is 68.4 Å². The van der Waals surface area contributed by atoms with E-state index in [1.54, 1.807) is 37.4 Å². The first kappa shape index (κ1) is 15.1. The number of non-ortho nitro benzene ring substituents is 1. The SMILES string of the molecule is CC(NC(=O)c1cccnc1Br)c1cccc([N+](=O)[O-])c1. The molecule has 1 aromatic carbocycles. The van der Waals surface area contributed by atoms with Gasteiger partial charge in [0.15, 0.2) is 0 Å². The number of nitro benzene ring substituents is 1. The molecule has 2 rings (SSSR count). The summed E-state index contributed by atoms with van der Waals surface area (Å²) in [5.41, 5.74) is 1.07. The normalized spacial score (nSPS) is 11.7. The van der Waals surface area contributed by atoms with Gasteiger partial charge in [-0.15, -0.1) is 0 Å². The summed E-state index contributed by atoms with van der Waals surface area (Å²) < 4.78 is 0.453. The third-order valence-corrected chi connectivity index (χ3v) is 3.56. The number of nitro groups is 1. The summed E-state index contributed by atoms with van der Waals surface area (Å²) in [4.78, 5) is 26.4. The van der Waals surface area contributed by atoms with Crippen LogP contribution in [0.4, 0.5) is 5.69 Å². The zero-order chi connectivity index (χ0) is 15.4. The van der Waals surface area contributed by atoms with Gasteiger partial charge in [0.2, 0.25) is 0 Å². The Morgan fingerprint density at radius 3 is 2.81 bits per heavy atom. The van der Waals surface area contributed by atoms with Crippen LogP contribution in [-0.2, 0) is 0 Å². The standard InChI is InChI=1S/C14H12BrN3O3/c1-9(10-4-2-5-11(8-10)18(20)21)17-14(19)12-6-3-7-16-13(12)15/h2-9H,1H3,(H,17,19). The molecule has 1 N–H and O–H groups in total. The van der Waals surface area contributed by atoms with Gasteiger partial charge in [0.05, 0.1) is 16.5 Å². The third-order valence-electron chi connectivity index (χ3n) is 2.93.